The number of aromatic nitrogens is 1. The second-order valence-corrected chi connectivity index (χ2v) is 4.68. The number of nitriles is 2. The topological polar surface area (TPSA) is 142 Å². The maximum absolute atomic E-state index is 11.9. The number of ether oxygens (including phenoxy) is 2. The number of rotatable bonds is 3. The molecule has 0 saturated heterocycles. The van der Waals surface area contributed by atoms with Gasteiger partial charge >= 0.3 is 5.97 Å². The molecular formula is C16H12N4O4. The highest BCUT2D eigenvalue weighted by molar-refractivity contribution is 5.81. The Morgan fingerprint density at radius 1 is 1.21 bits per heavy atom. The van der Waals surface area contributed by atoms with Crippen LogP contribution in [0.3, 0.4) is 0 Å². The number of pyridine rings is 1. The van der Waals surface area contributed by atoms with Crippen molar-refractivity contribution < 1.29 is 14.3 Å². The monoisotopic (exact) mass is 324 g/mol. The summed E-state index contributed by atoms with van der Waals surface area (Å²) < 4.78 is 10.2. The van der Waals surface area contributed by atoms with Crippen molar-refractivity contribution in [2.75, 3.05) is 12.8 Å². The van der Waals surface area contributed by atoms with Crippen LogP contribution < -0.4 is 20.8 Å². The van der Waals surface area contributed by atoms with E-state index in [4.69, 9.17) is 15.2 Å². The summed E-state index contributed by atoms with van der Waals surface area (Å²) in [6.07, 6.45) is 0. The number of carbonyl (C=O) groups is 1. The Kier molecular flexibility index (Phi) is 4.52. The van der Waals surface area contributed by atoms with Gasteiger partial charge in [-0.2, -0.15) is 10.5 Å². The molecule has 2 rings (SSSR count). The third-order valence-electron chi connectivity index (χ3n) is 3.17. The summed E-state index contributed by atoms with van der Waals surface area (Å²) >= 11 is 0. The number of carbonyl (C=O) groups excluding carboxylic acids is 1. The molecule has 2 aromatic rings. The number of benzene rings is 1. The van der Waals surface area contributed by atoms with E-state index in [2.05, 4.69) is 4.98 Å². The Hall–Kier alpha value is -3.78. The third-order valence-corrected chi connectivity index (χ3v) is 3.17. The first kappa shape index (κ1) is 16.6. The first-order chi connectivity index (χ1) is 11.4. The van der Waals surface area contributed by atoms with E-state index in [1.807, 2.05) is 6.07 Å². The predicted octanol–water partition coefficient (Wildman–Crippen LogP) is 1.30. The van der Waals surface area contributed by atoms with Gasteiger partial charge in [-0.15, -0.1) is 0 Å². The molecule has 0 aliphatic heterocycles. The van der Waals surface area contributed by atoms with Gasteiger partial charge in [-0.25, -0.2) is 0 Å². The minimum atomic E-state index is -0.702. The number of hydrogen-bond donors (Lipinski definition) is 2. The highest BCUT2D eigenvalue weighted by Crippen LogP contribution is 2.35. The second kappa shape index (κ2) is 6.55. The molecule has 24 heavy (non-hydrogen) atoms. The summed E-state index contributed by atoms with van der Waals surface area (Å²) in [4.78, 5) is 25.3. The van der Waals surface area contributed by atoms with E-state index in [9.17, 15) is 20.1 Å². The van der Waals surface area contributed by atoms with Crippen molar-refractivity contribution in [2.45, 2.75) is 6.92 Å². The van der Waals surface area contributed by atoms with Gasteiger partial charge in [0.15, 0.2) is 11.5 Å². The third kappa shape index (κ3) is 2.89. The number of nitrogen functional groups attached to an aromatic ring is 1. The van der Waals surface area contributed by atoms with E-state index in [1.165, 1.54) is 32.2 Å². The zero-order valence-corrected chi connectivity index (χ0v) is 12.8. The number of methoxy groups -OCH3 is 1. The van der Waals surface area contributed by atoms with E-state index in [0.29, 0.717) is 5.56 Å². The van der Waals surface area contributed by atoms with Crippen molar-refractivity contribution >= 4 is 11.8 Å². The number of aromatic amines is 1. The summed E-state index contributed by atoms with van der Waals surface area (Å²) in [7, 11) is 1.37. The maximum atomic E-state index is 11.9. The van der Waals surface area contributed by atoms with Gasteiger partial charge in [0.2, 0.25) is 0 Å². The number of H-pyrrole nitrogens is 1. The molecule has 120 valence electrons. The summed E-state index contributed by atoms with van der Waals surface area (Å²) in [5.74, 6) is -0.297. The molecule has 0 amide bonds. The maximum Gasteiger partial charge on any atom is 0.308 e. The quantitative estimate of drug-likeness (QED) is 0.640. The molecule has 0 radical (unpaired) electrons. The van der Waals surface area contributed by atoms with E-state index < -0.39 is 11.5 Å². The van der Waals surface area contributed by atoms with Crippen molar-refractivity contribution in [3.63, 3.8) is 0 Å². The van der Waals surface area contributed by atoms with Crippen LogP contribution in [0.2, 0.25) is 0 Å². The lowest BCUT2D eigenvalue weighted by Crippen LogP contribution is -2.16. The van der Waals surface area contributed by atoms with E-state index in [1.54, 1.807) is 6.07 Å². The number of anilines is 1. The molecule has 1 heterocycles. The lowest BCUT2D eigenvalue weighted by Gasteiger charge is -2.12. The zero-order chi connectivity index (χ0) is 17.9. The Labute approximate surface area is 136 Å². The van der Waals surface area contributed by atoms with E-state index in [-0.39, 0.29) is 34.0 Å². The summed E-state index contributed by atoms with van der Waals surface area (Å²) in [5.41, 5.74) is 5.14. The SMILES string of the molecule is COc1cc(-c2c(C#N)c(N)[nH]c(=O)c2C#N)ccc1OC(C)=O. The van der Waals surface area contributed by atoms with E-state index in [0.717, 1.165) is 0 Å². The molecule has 0 unspecified atom stereocenters. The second-order valence-electron chi connectivity index (χ2n) is 4.68. The number of nitrogens with zero attached hydrogens (tertiary/aromatic N) is 2. The first-order valence-electron chi connectivity index (χ1n) is 6.65. The lowest BCUT2D eigenvalue weighted by atomic mass is 9.96. The smallest absolute Gasteiger partial charge is 0.308 e. The Morgan fingerprint density at radius 2 is 1.88 bits per heavy atom. The predicted molar refractivity (Wildman–Crippen MR) is 84.2 cm³/mol. The molecule has 0 atom stereocenters. The lowest BCUT2D eigenvalue weighted by molar-refractivity contribution is -0.132. The molecular weight excluding hydrogens is 312 g/mol. The van der Waals surface area contributed by atoms with Crippen LogP contribution in [0, 0.1) is 22.7 Å². The fraction of sp³-hybridized carbons (Fsp3) is 0.125. The van der Waals surface area contributed by atoms with Crippen LogP contribution >= 0.6 is 0 Å². The van der Waals surface area contributed by atoms with Crippen LogP contribution in [0.25, 0.3) is 11.1 Å². The van der Waals surface area contributed by atoms with Crippen LogP contribution in [0.5, 0.6) is 11.5 Å². The number of nitrogens with two attached hydrogens (primary N) is 1. The molecule has 0 spiro atoms. The highest BCUT2D eigenvalue weighted by Gasteiger charge is 2.19. The molecule has 0 bridgehead atoms. The first-order valence-corrected chi connectivity index (χ1v) is 6.65. The van der Waals surface area contributed by atoms with Crippen LogP contribution in [-0.2, 0) is 4.79 Å². The Morgan fingerprint density at radius 3 is 2.42 bits per heavy atom. The van der Waals surface area contributed by atoms with Gasteiger partial charge < -0.3 is 20.2 Å². The van der Waals surface area contributed by atoms with Crippen LogP contribution in [0.15, 0.2) is 23.0 Å². The molecule has 0 aliphatic rings. The zero-order valence-electron chi connectivity index (χ0n) is 12.8. The van der Waals surface area contributed by atoms with Crippen LogP contribution in [-0.4, -0.2) is 18.1 Å². The van der Waals surface area contributed by atoms with Crippen molar-refractivity contribution in [1.82, 2.24) is 4.98 Å². The summed E-state index contributed by atoms with van der Waals surface area (Å²) in [5, 5.41) is 18.6. The molecule has 1 aromatic carbocycles. The molecule has 3 N–H and O–H groups in total. The molecule has 0 fully saturated rings. The van der Waals surface area contributed by atoms with Crippen LogP contribution in [0.1, 0.15) is 18.1 Å². The van der Waals surface area contributed by atoms with Gasteiger partial charge in [-0.05, 0) is 17.7 Å². The molecule has 8 nitrogen and oxygen atoms in total. The average molecular weight is 324 g/mol. The van der Waals surface area contributed by atoms with Crippen molar-refractivity contribution in [3.05, 3.63) is 39.7 Å². The normalized spacial score (nSPS) is 9.67. The summed E-state index contributed by atoms with van der Waals surface area (Å²) in [6, 6.07) is 8.04. The minimum Gasteiger partial charge on any atom is -0.493 e. The average Bonchev–Trinajstić information content (AvgIpc) is 2.54. The fourth-order valence-electron chi connectivity index (χ4n) is 2.19. The number of nitrogens with one attached hydrogen (secondary N) is 1. The minimum absolute atomic E-state index is 0.0339. The number of hydrogen-bond acceptors (Lipinski definition) is 7. The van der Waals surface area contributed by atoms with Crippen molar-refractivity contribution in [2.24, 2.45) is 0 Å². The van der Waals surface area contributed by atoms with Gasteiger partial charge in [0.25, 0.3) is 5.56 Å². The molecule has 0 aliphatic carbocycles. The van der Waals surface area contributed by atoms with Gasteiger partial charge in [0, 0.05) is 12.5 Å². The molecule has 8 heteroatoms. The standard InChI is InChI=1S/C16H12N4O4/c1-8(21)24-12-4-3-9(5-13(12)23-2)14-10(6-17)15(19)20-16(22)11(14)7-18/h3-5H,1-2H3,(H3,19,20,22). The summed E-state index contributed by atoms with van der Waals surface area (Å²) in [6.45, 7) is 1.24. The largest absolute Gasteiger partial charge is 0.493 e. The van der Waals surface area contributed by atoms with Crippen molar-refractivity contribution in [3.8, 4) is 34.8 Å². The van der Waals surface area contributed by atoms with Gasteiger partial charge in [0.05, 0.1) is 7.11 Å². The van der Waals surface area contributed by atoms with Gasteiger partial charge in [0.1, 0.15) is 29.1 Å². The highest BCUT2D eigenvalue weighted by atomic mass is 16.6. The van der Waals surface area contributed by atoms with E-state index >= 15 is 0 Å². The molecule has 1 aromatic heterocycles. The number of esters is 1. The van der Waals surface area contributed by atoms with Gasteiger partial charge in [-0.1, -0.05) is 6.07 Å². The molecule has 0 saturated carbocycles. The Balaban J connectivity index is 2.78. The Bertz CT molecular complexity index is 964. The fourth-order valence-corrected chi connectivity index (χ4v) is 2.19. The van der Waals surface area contributed by atoms with Gasteiger partial charge in [-0.3, -0.25) is 9.59 Å². The van der Waals surface area contributed by atoms with Crippen LogP contribution in [0.4, 0.5) is 5.82 Å². The van der Waals surface area contributed by atoms with Crippen molar-refractivity contribution in [1.29, 1.82) is 10.5 Å².